The molecule has 1 N–H and O–H groups in total. The van der Waals surface area contributed by atoms with Gasteiger partial charge in [-0.2, -0.15) is 0 Å². The molecular weight excluding hydrogens is 342 g/mol. The summed E-state index contributed by atoms with van der Waals surface area (Å²) in [5.74, 6) is -1.81. The van der Waals surface area contributed by atoms with Gasteiger partial charge in [0.05, 0.1) is 12.0 Å². The van der Waals surface area contributed by atoms with E-state index in [4.69, 9.17) is 4.74 Å². The van der Waals surface area contributed by atoms with E-state index in [1.807, 2.05) is 6.92 Å². The van der Waals surface area contributed by atoms with Crippen molar-refractivity contribution in [3.8, 4) is 0 Å². The molecule has 0 saturated carbocycles. The summed E-state index contributed by atoms with van der Waals surface area (Å²) in [7, 11) is 0. The third kappa shape index (κ3) is 4.71. The summed E-state index contributed by atoms with van der Waals surface area (Å²) in [6.07, 6.45) is 1.97. The van der Waals surface area contributed by atoms with Gasteiger partial charge in [0.25, 0.3) is 0 Å². The molecule has 1 aromatic rings. The van der Waals surface area contributed by atoms with Gasteiger partial charge >= 0.3 is 12.0 Å². The number of halogens is 2. The number of rotatable bonds is 6. The van der Waals surface area contributed by atoms with Crippen LogP contribution in [0.2, 0.25) is 0 Å². The van der Waals surface area contributed by atoms with E-state index in [2.05, 4.69) is 5.32 Å². The number of ether oxygens (including phenoxy) is 1. The highest BCUT2D eigenvalue weighted by Crippen LogP contribution is 2.36. The van der Waals surface area contributed by atoms with Crippen LogP contribution in [0.15, 0.2) is 18.2 Å². The number of amides is 2. The first kappa shape index (κ1) is 20.1. The Hall–Kier alpha value is -2.18. The molecule has 2 rings (SSSR count). The minimum atomic E-state index is -1.03. The van der Waals surface area contributed by atoms with Gasteiger partial charge in [-0.05, 0) is 44.2 Å². The van der Waals surface area contributed by atoms with Crippen molar-refractivity contribution < 1.29 is 23.1 Å². The topological polar surface area (TPSA) is 58.6 Å². The van der Waals surface area contributed by atoms with E-state index < -0.39 is 23.0 Å². The van der Waals surface area contributed by atoms with E-state index in [9.17, 15) is 18.4 Å². The molecule has 1 fully saturated rings. The number of esters is 1. The van der Waals surface area contributed by atoms with Crippen LogP contribution in [0.4, 0.5) is 13.6 Å². The van der Waals surface area contributed by atoms with E-state index >= 15 is 0 Å². The molecule has 5 nitrogen and oxygen atoms in total. The van der Waals surface area contributed by atoms with Gasteiger partial charge in [-0.25, -0.2) is 13.6 Å². The molecule has 1 aliphatic heterocycles. The first-order valence-corrected chi connectivity index (χ1v) is 9.06. The van der Waals surface area contributed by atoms with E-state index in [1.165, 1.54) is 12.1 Å². The summed E-state index contributed by atoms with van der Waals surface area (Å²) < 4.78 is 32.6. The number of benzene rings is 1. The monoisotopic (exact) mass is 368 g/mol. The van der Waals surface area contributed by atoms with Crippen LogP contribution in [0.1, 0.15) is 38.7 Å². The van der Waals surface area contributed by atoms with Gasteiger partial charge in [0.2, 0.25) is 0 Å². The molecule has 1 atom stereocenters. The molecule has 0 spiro atoms. The Morgan fingerprint density at radius 1 is 1.31 bits per heavy atom. The first-order valence-electron chi connectivity index (χ1n) is 9.06. The molecule has 2 amide bonds. The second-order valence-electron chi connectivity index (χ2n) is 6.67. The van der Waals surface area contributed by atoms with Gasteiger partial charge in [-0.1, -0.05) is 13.0 Å². The van der Waals surface area contributed by atoms with Crippen molar-refractivity contribution >= 4 is 12.0 Å². The Balaban J connectivity index is 2.26. The quantitative estimate of drug-likeness (QED) is 0.784. The summed E-state index contributed by atoms with van der Waals surface area (Å²) in [5, 5.41) is 2.80. The number of carbonyl (C=O) groups excluding carboxylic acids is 2. The smallest absolute Gasteiger partial charge is 0.317 e. The third-order valence-electron chi connectivity index (χ3n) is 4.64. The maximum absolute atomic E-state index is 14.2. The maximum atomic E-state index is 14.2. The number of carbonyl (C=O) groups is 2. The fourth-order valence-electron chi connectivity index (χ4n) is 3.35. The molecule has 0 aliphatic carbocycles. The maximum Gasteiger partial charge on any atom is 0.317 e. The van der Waals surface area contributed by atoms with Crippen LogP contribution in [-0.4, -0.2) is 43.1 Å². The number of nitrogens with zero attached hydrogens (tertiary/aromatic N) is 1. The van der Waals surface area contributed by atoms with Crippen molar-refractivity contribution in [2.75, 3.05) is 26.2 Å². The van der Waals surface area contributed by atoms with Crippen molar-refractivity contribution in [1.29, 1.82) is 0 Å². The lowest BCUT2D eigenvalue weighted by molar-refractivity contribution is -0.158. The molecule has 1 aliphatic rings. The molecule has 0 bridgehead atoms. The number of nitrogens with one attached hydrogen (secondary N) is 1. The van der Waals surface area contributed by atoms with Crippen molar-refractivity contribution in [2.45, 2.75) is 39.5 Å². The summed E-state index contributed by atoms with van der Waals surface area (Å²) >= 11 is 0. The molecule has 0 unspecified atom stereocenters. The SMILES string of the molecule is CCCNC(=O)N1CCC[C@](Cc2ccc(F)cc2F)(C(=O)OCC)C1. The molecule has 0 aromatic heterocycles. The van der Waals surface area contributed by atoms with Crippen molar-refractivity contribution in [3.05, 3.63) is 35.4 Å². The normalized spacial score (nSPS) is 19.9. The molecule has 1 heterocycles. The van der Waals surface area contributed by atoms with E-state index in [-0.39, 0.29) is 31.2 Å². The zero-order valence-corrected chi connectivity index (χ0v) is 15.3. The zero-order chi connectivity index (χ0) is 19.2. The second-order valence-corrected chi connectivity index (χ2v) is 6.67. The number of piperidine rings is 1. The van der Waals surface area contributed by atoms with Crippen LogP contribution in [0.5, 0.6) is 0 Å². The van der Waals surface area contributed by atoms with Gasteiger partial charge in [-0.15, -0.1) is 0 Å². The lowest BCUT2D eigenvalue weighted by Gasteiger charge is -2.41. The molecule has 0 radical (unpaired) electrons. The fraction of sp³-hybridized carbons (Fsp3) is 0.579. The fourth-order valence-corrected chi connectivity index (χ4v) is 3.35. The lowest BCUT2D eigenvalue weighted by atomic mass is 9.75. The molecule has 1 saturated heterocycles. The van der Waals surface area contributed by atoms with E-state index in [0.717, 1.165) is 12.5 Å². The van der Waals surface area contributed by atoms with Crippen LogP contribution in [0, 0.1) is 17.0 Å². The standard InChI is InChI=1S/C19H26F2N2O3/c1-3-9-22-18(25)23-10-5-8-19(13-23,17(24)26-4-2)12-14-6-7-15(20)11-16(14)21/h6-7,11H,3-5,8-10,12-13H2,1-2H3,(H,22,25)/t19-/m1/s1. The summed E-state index contributed by atoms with van der Waals surface area (Å²) in [6.45, 7) is 5.10. The van der Waals surface area contributed by atoms with Crippen molar-refractivity contribution in [1.82, 2.24) is 10.2 Å². The Morgan fingerprint density at radius 3 is 2.73 bits per heavy atom. The van der Waals surface area contributed by atoms with Crippen LogP contribution >= 0.6 is 0 Å². The summed E-state index contributed by atoms with van der Waals surface area (Å²) in [4.78, 5) is 26.6. The van der Waals surface area contributed by atoms with Gasteiger partial charge in [-0.3, -0.25) is 4.79 Å². The Kier molecular flexibility index (Phi) is 6.94. The van der Waals surface area contributed by atoms with Crippen molar-refractivity contribution in [2.24, 2.45) is 5.41 Å². The highest BCUT2D eigenvalue weighted by atomic mass is 19.1. The third-order valence-corrected chi connectivity index (χ3v) is 4.64. The van der Waals surface area contributed by atoms with Crippen LogP contribution in [0.3, 0.4) is 0 Å². The van der Waals surface area contributed by atoms with E-state index in [0.29, 0.717) is 25.9 Å². The average molecular weight is 368 g/mol. The molecule has 26 heavy (non-hydrogen) atoms. The van der Waals surface area contributed by atoms with Gasteiger partial charge in [0.1, 0.15) is 11.6 Å². The minimum Gasteiger partial charge on any atom is -0.466 e. The summed E-state index contributed by atoms with van der Waals surface area (Å²) in [6, 6.07) is 3.09. The van der Waals surface area contributed by atoms with E-state index in [1.54, 1.807) is 11.8 Å². The number of hydrogen-bond donors (Lipinski definition) is 1. The van der Waals surface area contributed by atoms with Crippen LogP contribution < -0.4 is 5.32 Å². The predicted octanol–water partition coefficient (Wildman–Crippen LogP) is 3.27. The van der Waals surface area contributed by atoms with Gasteiger partial charge in [0.15, 0.2) is 0 Å². The number of hydrogen-bond acceptors (Lipinski definition) is 3. The molecular formula is C19H26F2N2O3. The minimum absolute atomic E-state index is 0.0650. The van der Waals surface area contributed by atoms with Gasteiger partial charge < -0.3 is 15.0 Å². The molecule has 144 valence electrons. The van der Waals surface area contributed by atoms with Crippen LogP contribution in [0.25, 0.3) is 0 Å². The number of likely N-dealkylation sites (tertiary alicyclic amines) is 1. The Bertz CT molecular complexity index is 654. The average Bonchev–Trinajstić information content (AvgIpc) is 2.62. The van der Waals surface area contributed by atoms with Crippen LogP contribution in [-0.2, 0) is 16.0 Å². The Morgan fingerprint density at radius 2 is 2.08 bits per heavy atom. The second kappa shape index (κ2) is 8.96. The largest absolute Gasteiger partial charge is 0.466 e. The number of urea groups is 1. The van der Waals surface area contributed by atoms with Gasteiger partial charge in [0, 0.05) is 25.7 Å². The molecule has 7 heteroatoms. The lowest BCUT2D eigenvalue weighted by Crippen LogP contribution is -2.54. The molecule has 1 aromatic carbocycles. The highest BCUT2D eigenvalue weighted by molar-refractivity contribution is 5.80. The summed E-state index contributed by atoms with van der Waals surface area (Å²) in [5.41, 5.74) is -0.786. The Labute approximate surface area is 152 Å². The zero-order valence-electron chi connectivity index (χ0n) is 15.3. The van der Waals surface area contributed by atoms with Crippen molar-refractivity contribution in [3.63, 3.8) is 0 Å². The predicted molar refractivity (Wildman–Crippen MR) is 93.6 cm³/mol. The first-order chi connectivity index (χ1) is 12.4. The highest BCUT2D eigenvalue weighted by Gasteiger charge is 2.45.